The molecule has 2 rings (SSSR count). The average Bonchev–Trinajstić information content (AvgIpc) is 2.97. The van der Waals surface area contributed by atoms with E-state index in [9.17, 15) is 4.79 Å². The van der Waals surface area contributed by atoms with Gasteiger partial charge in [0.15, 0.2) is 0 Å². The summed E-state index contributed by atoms with van der Waals surface area (Å²) in [7, 11) is 0. The molecule has 1 fully saturated rings. The monoisotopic (exact) mass is 317 g/mol. The van der Waals surface area contributed by atoms with Gasteiger partial charge in [-0.05, 0) is 52.0 Å². The minimum Gasteiger partial charge on any atom is -0.366 e. The van der Waals surface area contributed by atoms with Gasteiger partial charge in [-0.25, -0.2) is 4.79 Å². The highest BCUT2D eigenvalue weighted by Crippen LogP contribution is 2.48. The van der Waals surface area contributed by atoms with Gasteiger partial charge in [0.25, 0.3) is 0 Å². The number of rotatable bonds is 6. The van der Waals surface area contributed by atoms with E-state index in [1.54, 1.807) is 0 Å². The summed E-state index contributed by atoms with van der Waals surface area (Å²) in [5.74, 6) is 0.286. The first-order valence-corrected chi connectivity index (χ1v) is 8.99. The van der Waals surface area contributed by atoms with Crippen molar-refractivity contribution in [1.82, 2.24) is 5.06 Å². The third-order valence-electron chi connectivity index (χ3n) is 5.17. The van der Waals surface area contributed by atoms with Crippen molar-refractivity contribution in [2.24, 2.45) is 5.92 Å². The molecule has 0 amide bonds. The molecule has 1 aromatic carbocycles. The van der Waals surface area contributed by atoms with Gasteiger partial charge in [-0.1, -0.05) is 50.1 Å². The van der Waals surface area contributed by atoms with E-state index in [0.717, 1.165) is 31.2 Å². The summed E-state index contributed by atoms with van der Waals surface area (Å²) in [5, 5.41) is 1.83. The van der Waals surface area contributed by atoms with Crippen molar-refractivity contribution in [2.45, 2.75) is 77.8 Å². The number of hydroxylamine groups is 2. The SMILES string of the molecule is CCC1CCCC1(C(=O)ON(C(C)C)C(C)C)c1ccccc1. The maximum atomic E-state index is 13.3. The van der Waals surface area contributed by atoms with E-state index in [4.69, 9.17) is 4.84 Å². The smallest absolute Gasteiger partial charge is 0.335 e. The van der Waals surface area contributed by atoms with Gasteiger partial charge in [-0.15, -0.1) is 5.06 Å². The molecular formula is C20H31NO2. The standard InChI is InChI=1S/C20H31NO2/c1-6-17-13-10-14-20(17,18-11-8-7-9-12-18)19(22)23-21(15(2)3)16(4)5/h7-9,11-12,15-17H,6,10,13-14H2,1-5H3. The van der Waals surface area contributed by atoms with Gasteiger partial charge in [0.1, 0.15) is 0 Å². The molecule has 2 atom stereocenters. The Labute approximate surface area is 141 Å². The molecule has 1 aliphatic carbocycles. The van der Waals surface area contributed by atoms with E-state index in [0.29, 0.717) is 5.92 Å². The summed E-state index contributed by atoms with van der Waals surface area (Å²) in [6.45, 7) is 10.4. The quantitative estimate of drug-likeness (QED) is 0.712. The number of carbonyl (C=O) groups is 1. The molecule has 0 heterocycles. The van der Waals surface area contributed by atoms with Crippen LogP contribution in [-0.2, 0) is 15.0 Å². The van der Waals surface area contributed by atoms with Crippen molar-refractivity contribution in [3.8, 4) is 0 Å². The Morgan fingerprint density at radius 1 is 1.22 bits per heavy atom. The number of hydrogen-bond acceptors (Lipinski definition) is 3. The van der Waals surface area contributed by atoms with Crippen LogP contribution in [0.1, 0.15) is 65.9 Å². The minimum absolute atomic E-state index is 0.0737. The van der Waals surface area contributed by atoms with Crippen LogP contribution in [0.2, 0.25) is 0 Å². The lowest BCUT2D eigenvalue weighted by molar-refractivity contribution is -0.217. The molecule has 23 heavy (non-hydrogen) atoms. The Hall–Kier alpha value is -1.35. The number of nitrogens with zero attached hydrogens (tertiary/aromatic N) is 1. The van der Waals surface area contributed by atoms with Gasteiger partial charge in [0.05, 0.1) is 5.41 Å². The van der Waals surface area contributed by atoms with Crippen LogP contribution in [-0.4, -0.2) is 23.1 Å². The zero-order valence-corrected chi connectivity index (χ0v) is 15.2. The molecule has 0 aliphatic heterocycles. The summed E-state index contributed by atoms with van der Waals surface area (Å²) in [5.41, 5.74) is 0.625. The summed E-state index contributed by atoms with van der Waals surface area (Å²) >= 11 is 0. The fourth-order valence-corrected chi connectivity index (χ4v) is 4.12. The first kappa shape index (κ1) is 18.0. The lowest BCUT2D eigenvalue weighted by Gasteiger charge is -2.37. The van der Waals surface area contributed by atoms with Crippen molar-refractivity contribution in [1.29, 1.82) is 0 Å². The highest BCUT2D eigenvalue weighted by atomic mass is 16.7. The lowest BCUT2D eigenvalue weighted by atomic mass is 9.71. The highest BCUT2D eigenvalue weighted by Gasteiger charge is 2.51. The van der Waals surface area contributed by atoms with Gasteiger partial charge in [0.2, 0.25) is 0 Å². The molecule has 0 spiro atoms. The summed E-state index contributed by atoms with van der Waals surface area (Å²) in [4.78, 5) is 19.2. The van der Waals surface area contributed by atoms with E-state index in [-0.39, 0.29) is 18.1 Å². The third-order valence-corrected chi connectivity index (χ3v) is 5.17. The largest absolute Gasteiger partial charge is 0.366 e. The molecular weight excluding hydrogens is 286 g/mol. The van der Waals surface area contributed by atoms with Crippen molar-refractivity contribution >= 4 is 5.97 Å². The van der Waals surface area contributed by atoms with E-state index in [1.165, 1.54) is 0 Å². The predicted octanol–water partition coefficient (Wildman–Crippen LogP) is 4.71. The average molecular weight is 317 g/mol. The second-order valence-electron chi connectivity index (χ2n) is 7.26. The van der Waals surface area contributed by atoms with Crippen LogP contribution < -0.4 is 0 Å². The maximum absolute atomic E-state index is 13.3. The van der Waals surface area contributed by atoms with Crippen LogP contribution in [0.25, 0.3) is 0 Å². The van der Waals surface area contributed by atoms with E-state index in [1.807, 2.05) is 23.3 Å². The molecule has 0 radical (unpaired) electrons. The Bertz CT molecular complexity index is 504. The van der Waals surface area contributed by atoms with Crippen LogP contribution in [0.4, 0.5) is 0 Å². The van der Waals surface area contributed by atoms with E-state index in [2.05, 4.69) is 46.8 Å². The topological polar surface area (TPSA) is 29.5 Å². The first-order valence-electron chi connectivity index (χ1n) is 8.99. The molecule has 2 unspecified atom stereocenters. The molecule has 3 nitrogen and oxygen atoms in total. The van der Waals surface area contributed by atoms with Crippen LogP contribution >= 0.6 is 0 Å². The normalized spacial score (nSPS) is 24.6. The molecule has 1 saturated carbocycles. The molecule has 1 aromatic rings. The zero-order chi connectivity index (χ0) is 17.0. The number of benzene rings is 1. The van der Waals surface area contributed by atoms with Gasteiger partial charge in [-0.3, -0.25) is 0 Å². The first-order chi connectivity index (χ1) is 10.9. The summed E-state index contributed by atoms with van der Waals surface area (Å²) in [6, 6.07) is 10.6. The Morgan fingerprint density at radius 3 is 2.35 bits per heavy atom. The second kappa shape index (κ2) is 7.48. The van der Waals surface area contributed by atoms with Crippen LogP contribution in [0.5, 0.6) is 0 Å². The fourth-order valence-electron chi connectivity index (χ4n) is 4.12. The van der Waals surface area contributed by atoms with Crippen LogP contribution in [0.3, 0.4) is 0 Å². The Balaban J connectivity index is 2.37. The molecule has 3 heteroatoms. The summed E-state index contributed by atoms with van der Waals surface area (Å²) < 4.78 is 0. The van der Waals surface area contributed by atoms with Gasteiger partial charge < -0.3 is 4.84 Å². The summed E-state index contributed by atoms with van der Waals surface area (Å²) in [6.07, 6.45) is 4.08. The van der Waals surface area contributed by atoms with Crippen molar-refractivity contribution in [2.75, 3.05) is 0 Å². The van der Waals surface area contributed by atoms with E-state index >= 15 is 0 Å². The molecule has 1 aliphatic rings. The van der Waals surface area contributed by atoms with Gasteiger partial charge in [-0.2, -0.15) is 0 Å². The van der Waals surface area contributed by atoms with Crippen molar-refractivity contribution in [3.05, 3.63) is 35.9 Å². The Morgan fingerprint density at radius 2 is 1.83 bits per heavy atom. The third kappa shape index (κ3) is 3.45. The number of hydrogen-bond donors (Lipinski definition) is 0. The minimum atomic E-state index is -0.488. The molecule has 128 valence electrons. The molecule has 0 bridgehead atoms. The fraction of sp³-hybridized carbons (Fsp3) is 0.650. The van der Waals surface area contributed by atoms with Crippen molar-refractivity contribution < 1.29 is 9.63 Å². The zero-order valence-electron chi connectivity index (χ0n) is 15.2. The molecule has 0 saturated heterocycles. The Kier molecular flexibility index (Phi) is 5.85. The van der Waals surface area contributed by atoms with E-state index < -0.39 is 5.41 Å². The van der Waals surface area contributed by atoms with Gasteiger partial charge in [0, 0.05) is 12.1 Å². The number of carbonyl (C=O) groups excluding carboxylic acids is 1. The molecule has 0 N–H and O–H groups in total. The highest BCUT2D eigenvalue weighted by molar-refractivity contribution is 5.84. The predicted molar refractivity (Wildman–Crippen MR) is 94.0 cm³/mol. The van der Waals surface area contributed by atoms with Crippen LogP contribution in [0.15, 0.2) is 30.3 Å². The van der Waals surface area contributed by atoms with Crippen LogP contribution in [0, 0.1) is 5.92 Å². The maximum Gasteiger partial charge on any atom is 0.335 e. The molecule has 0 aromatic heterocycles. The second-order valence-corrected chi connectivity index (χ2v) is 7.26. The van der Waals surface area contributed by atoms with Gasteiger partial charge >= 0.3 is 5.97 Å². The van der Waals surface area contributed by atoms with Crippen molar-refractivity contribution in [3.63, 3.8) is 0 Å². The lowest BCUT2D eigenvalue weighted by Crippen LogP contribution is -2.47.